The zero-order chi connectivity index (χ0) is 20.0. The van der Waals surface area contributed by atoms with Gasteiger partial charge >= 0.3 is 11.9 Å². The van der Waals surface area contributed by atoms with Gasteiger partial charge in [0.25, 0.3) is 0 Å². The molecule has 0 saturated heterocycles. The molecule has 0 aliphatic rings. The van der Waals surface area contributed by atoms with Crippen molar-refractivity contribution in [3.05, 3.63) is 24.3 Å². The van der Waals surface area contributed by atoms with E-state index in [0.717, 1.165) is 12.8 Å². The molecule has 0 saturated carbocycles. The Bertz CT molecular complexity index is 380. The van der Waals surface area contributed by atoms with Gasteiger partial charge in [-0.3, -0.25) is 4.79 Å². The van der Waals surface area contributed by atoms with Crippen LogP contribution in [-0.4, -0.2) is 22.2 Å². The van der Waals surface area contributed by atoms with Crippen molar-refractivity contribution in [1.82, 2.24) is 0 Å². The van der Waals surface area contributed by atoms with Crippen molar-refractivity contribution in [1.29, 1.82) is 0 Å². The van der Waals surface area contributed by atoms with Crippen LogP contribution in [0.2, 0.25) is 0 Å². The van der Waals surface area contributed by atoms with E-state index in [4.69, 9.17) is 10.2 Å². The first-order chi connectivity index (χ1) is 12.4. The maximum atomic E-state index is 10.3. The summed E-state index contributed by atoms with van der Waals surface area (Å²) in [5, 5.41) is 16.4. The number of rotatable bonds is 16. The van der Waals surface area contributed by atoms with E-state index in [2.05, 4.69) is 25.7 Å². The maximum Gasteiger partial charge on any atom is 0.330 e. The van der Waals surface area contributed by atoms with Gasteiger partial charge in [-0.15, -0.1) is 0 Å². The van der Waals surface area contributed by atoms with E-state index in [0.29, 0.717) is 6.42 Å². The third kappa shape index (κ3) is 33.0. The SMILES string of the molecule is C=C(C)C(=O)O.CCCCCCCC/C=C/CCCCCCCC(=O)O.[Cu]. The van der Waals surface area contributed by atoms with Crippen molar-refractivity contribution in [2.45, 2.75) is 104 Å². The molecule has 0 aromatic rings. The van der Waals surface area contributed by atoms with Gasteiger partial charge in [0.05, 0.1) is 0 Å². The summed E-state index contributed by atoms with van der Waals surface area (Å²) in [4.78, 5) is 19.9. The van der Waals surface area contributed by atoms with Gasteiger partial charge in [0.2, 0.25) is 0 Å². The standard InChI is InChI=1S/C18H34O2.C4H6O2.Cu/c1-2-3-4-5-6-7-8-9-10-11-12-13-14-15-16-17-18(19)20;1-3(2)4(5)6;/h9-10H,2-8,11-17H2,1H3,(H,19,20);1H2,2H3,(H,5,6);/b10-9+;;. The Balaban J connectivity index is -0.000000709. The summed E-state index contributed by atoms with van der Waals surface area (Å²) < 4.78 is 0. The number of carbonyl (C=O) groups is 2. The summed E-state index contributed by atoms with van der Waals surface area (Å²) in [7, 11) is 0. The first kappa shape index (κ1) is 30.7. The van der Waals surface area contributed by atoms with Crippen LogP contribution in [0.1, 0.15) is 104 Å². The number of unbranched alkanes of at least 4 members (excludes halogenated alkanes) is 11. The molecule has 5 heteroatoms. The second kappa shape index (κ2) is 24.9. The zero-order valence-corrected chi connectivity index (χ0v) is 18.2. The van der Waals surface area contributed by atoms with Gasteiger partial charge in [0.1, 0.15) is 0 Å². The predicted octanol–water partition coefficient (Wildman–Crippen LogP) is 6.75. The number of aliphatic carboxylic acids is 2. The van der Waals surface area contributed by atoms with E-state index < -0.39 is 11.9 Å². The van der Waals surface area contributed by atoms with Crippen LogP contribution in [0, 0.1) is 0 Å². The average molecular weight is 432 g/mol. The van der Waals surface area contributed by atoms with Crippen molar-refractivity contribution in [3.8, 4) is 0 Å². The third-order valence-electron chi connectivity index (χ3n) is 4.02. The molecule has 4 nitrogen and oxygen atoms in total. The summed E-state index contributed by atoms with van der Waals surface area (Å²) in [6, 6.07) is 0. The topological polar surface area (TPSA) is 74.6 Å². The van der Waals surface area contributed by atoms with E-state index in [9.17, 15) is 9.59 Å². The number of carboxylic acids is 2. The number of hydrogen-bond acceptors (Lipinski definition) is 2. The monoisotopic (exact) mass is 431 g/mol. The van der Waals surface area contributed by atoms with Gasteiger partial charge in [0, 0.05) is 29.1 Å². The number of allylic oxidation sites excluding steroid dienone is 2. The predicted molar refractivity (Wildman–Crippen MR) is 110 cm³/mol. The molecule has 0 bridgehead atoms. The van der Waals surface area contributed by atoms with Crippen LogP contribution in [0.25, 0.3) is 0 Å². The first-order valence-electron chi connectivity index (χ1n) is 10.2. The second-order valence-corrected chi connectivity index (χ2v) is 6.81. The van der Waals surface area contributed by atoms with E-state index in [-0.39, 0.29) is 22.6 Å². The minimum Gasteiger partial charge on any atom is -0.481 e. The van der Waals surface area contributed by atoms with Gasteiger partial charge in [-0.1, -0.05) is 77.0 Å². The Hall–Kier alpha value is -1.06. The molecule has 0 fully saturated rings. The maximum absolute atomic E-state index is 10.3. The molecule has 0 atom stereocenters. The Morgan fingerprint density at radius 3 is 1.52 bits per heavy atom. The molecule has 0 aliphatic carbocycles. The molecule has 0 aromatic carbocycles. The molecular formula is C22H40CuO4. The van der Waals surface area contributed by atoms with Crippen LogP contribution in [0.4, 0.5) is 0 Å². The van der Waals surface area contributed by atoms with Gasteiger partial charge < -0.3 is 10.2 Å². The van der Waals surface area contributed by atoms with E-state index in [1.165, 1.54) is 77.6 Å². The molecule has 2 N–H and O–H groups in total. The fourth-order valence-corrected chi connectivity index (χ4v) is 2.35. The quantitative estimate of drug-likeness (QED) is 0.122. The summed E-state index contributed by atoms with van der Waals surface area (Å²) in [6.45, 7) is 6.86. The smallest absolute Gasteiger partial charge is 0.330 e. The van der Waals surface area contributed by atoms with Crippen molar-refractivity contribution >= 4 is 11.9 Å². The summed E-state index contributed by atoms with van der Waals surface area (Å²) in [5.41, 5.74) is 0.176. The summed E-state index contributed by atoms with van der Waals surface area (Å²) in [6.07, 6.45) is 21.2. The van der Waals surface area contributed by atoms with Crippen molar-refractivity contribution in [2.24, 2.45) is 0 Å². The fraction of sp³-hybridized carbons (Fsp3) is 0.727. The molecule has 163 valence electrons. The van der Waals surface area contributed by atoms with Gasteiger partial charge in [-0.2, -0.15) is 0 Å². The molecular weight excluding hydrogens is 392 g/mol. The molecule has 0 rings (SSSR count). The molecule has 1 radical (unpaired) electrons. The normalized spacial score (nSPS) is 10.0. The van der Waals surface area contributed by atoms with Crippen molar-refractivity contribution < 1.29 is 36.9 Å². The van der Waals surface area contributed by atoms with Crippen molar-refractivity contribution in [3.63, 3.8) is 0 Å². The Labute approximate surface area is 177 Å². The second-order valence-electron chi connectivity index (χ2n) is 6.81. The van der Waals surface area contributed by atoms with Crippen LogP contribution in [0.5, 0.6) is 0 Å². The van der Waals surface area contributed by atoms with Crippen LogP contribution in [0.15, 0.2) is 24.3 Å². The molecule has 0 spiro atoms. The molecule has 0 aromatic heterocycles. The van der Waals surface area contributed by atoms with E-state index in [1.807, 2.05) is 0 Å². The number of hydrogen-bond donors (Lipinski definition) is 2. The third-order valence-corrected chi connectivity index (χ3v) is 4.02. The molecule has 27 heavy (non-hydrogen) atoms. The van der Waals surface area contributed by atoms with Crippen LogP contribution < -0.4 is 0 Å². The fourth-order valence-electron chi connectivity index (χ4n) is 2.35. The summed E-state index contributed by atoms with van der Waals surface area (Å²) in [5.74, 6) is -1.60. The average Bonchev–Trinajstić information content (AvgIpc) is 2.58. The minimum atomic E-state index is -0.935. The Kier molecular flexibility index (Phi) is 28.3. The van der Waals surface area contributed by atoms with Crippen LogP contribution >= 0.6 is 0 Å². The minimum absolute atomic E-state index is 0. The van der Waals surface area contributed by atoms with Gasteiger partial charge in [0.15, 0.2) is 0 Å². The van der Waals surface area contributed by atoms with Gasteiger partial charge in [-0.05, 0) is 39.0 Å². The summed E-state index contributed by atoms with van der Waals surface area (Å²) >= 11 is 0. The van der Waals surface area contributed by atoms with Crippen molar-refractivity contribution in [2.75, 3.05) is 0 Å². The number of carboxylic acid groups (broad SMARTS) is 2. The van der Waals surface area contributed by atoms with E-state index in [1.54, 1.807) is 0 Å². The molecule has 0 amide bonds. The van der Waals surface area contributed by atoms with Crippen LogP contribution in [0.3, 0.4) is 0 Å². The Morgan fingerprint density at radius 1 is 0.778 bits per heavy atom. The first-order valence-corrected chi connectivity index (χ1v) is 10.2. The largest absolute Gasteiger partial charge is 0.481 e. The molecule has 0 unspecified atom stereocenters. The van der Waals surface area contributed by atoms with Crippen LogP contribution in [-0.2, 0) is 26.7 Å². The molecule has 0 heterocycles. The van der Waals surface area contributed by atoms with E-state index >= 15 is 0 Å². The van der Waals surface area contributed by atoms with Gasteiger partial charge in [-0.25, -0.2) is 4.79 Å². The zero-order valence-electron chi connectivity index (χ0n) is 17.3. The Morgan fingerprint density at radius 2 is 1.15 bits per heavy atom. The molecule has 0 aliphatic heterocycles.